The lowest BCUT2D eigenvalue weighted by molar-refractivity contribution is 0.304. The highest BCUT2D eigenvalue weighted by Crippen LogP contribution is 2.17. The van der Waals surface area contributed by atoms with Crippen molar-refractivity contribution < 1.29 is 4.74 Å². The summed E-state index contributed by atoms with van der Waals surface area (Å²) < 4.78 is 5.75. The van der Waals surface area contributed by atoms with Crippen LogP contribution in [0.4, 0.5) is 5.69 Å². The minimum absolute atomic E-state index is 0.258. The first kappa shape index (κ1) is 18.5. The van der Waals surface area contributed by atoms with Crippen molar-refractivity contribution in [3.63, 3.8) is 0 Å². The number of aromatic nitrogens is 4. The number of unbranched alkanes of at least 4 members (excludes halogenated alkanes) is 5. The van der Waals surface area contributed by atoms with Crippen LogP contribution >= 0.6 is 0 Å². The number of rotatable bonds is 11. The van der Waals surface area contributed by atoms with Crippen molar-refractivity contribution in [2.24, 2.45) is 0 Å². The molecule has 0 radical (unpaired) electrons. The molecule has 7 heteroatoms. The Hall–Kier alpha value is -2.88. The summed E-state index contributed by atoms with van der Waals surface area (Å²) in [5.41, 5.74) is 1.15. The molecule has 0 atom stereocenters. The van der Waals surface area contributed by atoms with Crippen LogP contribution in [0.25, 0.3) is 5.57 Å². The highest BCUT2D eigenvalue weighted by molar-refractivity contribution is 5.74. The summed E-state index contributed by atoms with van der Waals surface area (Å²) in [6.07, 6.45) is 9.06. The molecule has 0 aliphatic rings. The third-order valence-corrected chi connectivity index (χ3v) is 3.71. The zero-order valence-electron chi connectivity index (χ0n) is 14.5. The molecule has 2 aromatic rings. The predicted molar refractivity (Wildman–Crippen MR) is 96.7 cm³/mol. The Labute approximate surface area is 148 Å². The molecule has 0 spiro atoms. The number of nitrogens with zero attached hydrogens (tertiary/aromatic N) is 4. The van der Waals surface area contributed by atoms with Gasteiger partial charge in [0.2, 0.25) is 5.82 Å². The number of tetrazole rings is 1. The molecule has 0 saturated heterocycles. The lowest BCUT2D eigenvalue weighted by Crippen LogP contribution is -1.97. The number of nitriles is 1. The molecule has 25 heavy (non-hydrogen) atoms. The fourth-order valence-electron chi connectivity index (χ4n) is 2.30. The van der Waals surface area contributed by atoms with Gasteiger partial charge < -0.3 is 10.1 Å². The van der Waals surface area contributed by atoms with Gasteiger partial charge in [0.05, 0.1) is 6.61 Å². The second-order valence-corrected chi connectivity index (χ2v) is 5.69. The van der Waals surface area contributed by atoms with Crippen molar-refractivity contribution in [2.75, 3.05) is 11.9 Å². The largest absolute Gasteiger partial charge is 0.494 e. The van der Waals surface area contributed by atoms with Crippen molar-refractivity contribution in [3.05, 3.63) is 36.3 Å². The van der Waals surface area contributed by atoms with Gasteiger partial charge in [-0.3, -0.25) is 0 Å². The van der Waals surface area contributed by atoms with Gasteiger partial charge in [0, 0.05) is 11.9 Å². The van der Waals surface area contributed by atoms with Crippen LogP contribution in [0.5, 0.6) is 5.75 Å². The number of anilines is 1. The number of ether oxygens (including phenoxy) is 1. The van der Waals surface area contributed by atoms with Gasteiger partial charge in [0.1, 0.15) is 17.4 Å². The van der Waals surface area contributed by atoms with E-state index in [9.17, 15) is 0 Å². The summed E-state index contributed by atoms with van der Waals surface area (Å²) in [5, 5.41) is 25.5. The van der Waals surface area contributed by atoms with E-state index < -0.39 is 0 Å². The molecule has 1 aromatic carbocycles. The standard InChI is InChI=1S/C18H24N6O/c1-2-3-4-5-6-7-12-25-17-10-8-16(9-11-17)20-14-15(13-19)18-21-23-24-22-18/h8-11,14,20H,2-7,12H2,1H3,(H,21,22,23,24). The van der Waals surface area contributed by atoms with Gasteiger partial charge in [-0.25, -0.2) is 0 Å². The number of aromatic amines is 1. The second-order valence-electron chi connectivity index (χ2n) is 5.69. The average molecular weight is 340 g/mol. The summed E-state index contributed by atoms with van der Waals surface area (Å²) in [4.78, 5) is 0. The van der Waals surface area contributed by atoms with Crippen molar-refractivity contribution in [2.45, 2.75) is 45.4 Å². The predicted octanol–water partition coefficient (Wildman–Crippen LogP) is 3.92. The maximum atomic E-state index is 9.11. The van der Waals surface area contributed by atoms with E-state index in [0.29, 0.717) is 5.57 Å². The van der Waals surface area contributed by atoms with Crippen LogP contribution in [0.3, 0.4) is 0 Å². The van der Waals surface area contributed by atoms with Crippen LogP contribution in [-0.4, -0.2) is 27.2 Å². The van der Waals surface area contributed by atoms with E-state index in [1.165, 1.54) is 32.1 Å². The fourth-order valence-corrected chi connectivity index (χ4v) is 2.30. The first-order valence-electron chi connectivity index (χ1n) is 8.67. The number of allylic oxidation sites excluding steroid dienone is 1. The fraction of sp³-hybridized carbons (Fsp3) is 0.444. The Kier molecular flexibility index (Phi) is 7.98. The Morgan fingerprint density at radius 1 is 1.20 bits per heavy atom. The van der Waals surface area contributed by atoms with Gasteiger partial charge >= 0.3 is 0 Å². The van der Waals surface area contributed by atoms with Crippen molar-refractivity contribution in [1.29, 1.82) is 5.26 Å². The monoisotopic (exact) mass is 340 g/mol. The number of nitrogens with one attached hydrogen (secondary N) is 2. The number of hydrogen-bond acceptors (Lipinski definition) is 6. The molecule has 0 fully saturated rings. The molecule has 0 unspecified atom stereocenters. The zero-order chi connectivity index (χ0) is 17.7. The molecule has 0 amide bonds. The van der Waals surface area contributed by atoms with Gasteiger partial charge in [-0.1, -0.05) is 39.0 Å². The Morgan fingerprint density at radius 2 is 1.96 bits per heavy atom. The van der Waals surface area contributed by atoms with E-state index >= 15 is 0 Å². The van der Waals surface area contributed by atoms with Crippen LogP contribution < -0.4 is 10.1 Å². The zero-order valence-corrected chi connectivity index (χ0v) is 14.5. The quantitative estimate of drug-likeness (QED) is 0.475. The molecule has 0 aliphatic carbocycles. The van der Waals surface area contributed by atoms with Crippen LogP contribution in [0.2, 0.25) is 0 Å². The molecule has 1 aromatic heterocycles. The topological polar surface area (TPSA) is 99.5 Å². The first-order valence-corrected chi connectivity index (χ1v) is 8.67. The Morgan fingerprint density at radius 3 is 2.64 bits per heavy atom. The molecule has 0 saturated carbocycles. The van der Waals surface area contributed by atoms with Crippen molar-refractivity contribution in [3.8, 4) is 11.8 Å². The minimum Gasteiger partial charge on any atom is -0.494 e. The van der Waals surface area contributed by atoms with Crippen molar-refractivity contribution >= 4 is 11.3 Å². The highest BCUT2D eigenvalue weighted by Gasteiger charge is 2.05. The molecule has 0 aliphatic heterocycles. The normalized spacial score (nSPS) is 11.1. The maximum Gasteiger partial charge on any atom is 0.216 e. The van der Waals surface area contributed by atoms with Crippen LogP contribution in [-0.2, 0) is 0 Å². The number of H-pyrrole nitrogens is 1. The van der Waals surface area contributed by atoms with Crippen LogP contribution in [0.15, 0.2) is 30.5 Å². The molecular weight excluding hydrogens is 316 g/mol. The van der Waals surface area contributed by atoms with E-state index in [1.807, 2.05) is 30.3 Å². The van der Waals surface area contributed by atoms with Gasteiger partial charge in [0.15, 0.2) is 0 Å². The summed E-state index contributed by atoms with van der Waals surface area (Å²) in [7, 11) is 0. The van der Waals surface area contributed by atoms with Crippen molar-refractivity contribution in [1.82, 2.24) is 20.6 Å². The van der Waals surface area contributed by atoms with E-state index in [-0.39, 0.29) is 5.82 Å². The lowest BCUT2D eigenvalue weighted by Gasteiger charge is -2.07. The highest BCUT2D eigenvalue weighted by atomic mass is 16.5. The van der Waals surface area contributed by atoms with E-state index in [0.717, 1.165) is 24.5 Å². The van der Waals surface area contributed by atoms with Gasteiger partial charge in [-0.05, 0) is 35.9 Å². The van der Waals surface area contributed by atoms with Gasteiger partial charge in [0.25, 0.3) is 0 Å². The third-order valence-electron chi connectivity index (χ3n) is 3.71. The molecule has 0 bridgehead atoms. The Bertz CT molecular complexity index is 673. The molecule has 7 nitrogen and oxygen atoms in total. The Balaban J connectivity index is 1.73. The van der Waals surface area contributed by atoms with E-state index in [1.54, 1.807) is 6.20 Å². The average Bonchev–Trinajstić information content (AvgIpc) is 3.17. The third kappa shape index (κ3) is 6.63. The molecule has 1 heterocycles. The van der Waals surface area contributed by atoms with Crippen LogP contribution in [0.1, 0.15) is 51.3 Å². The van der Waals surface area contributed by atoms with Gasteiger partial charge in [-0.15, -0.1) is 10.2 Å². The lowest BCUT2D eigenvalue weighted by atomic mass is 10.1. The van der Waals surface area contributed by atoms with Gasteiger partial charge in [-0.2, -0.15) is 10.5 Å². The summed E-state index contributed by atoms with van der Waals surface area (Å²) >= 11 is 0. The van der Waals surface area contributed by atoms with Crippen LogP contribution in [0, 0.1) is 11.3 Å². The molecular formula is C18H24N6O. The summed E-state index contributed by atoms with van der Waals surface area (Å²) in [5.74, 6) is 1.11. The molecule has 2 rings (SSSR count). The number of benzene rings is 1. The SMILES string of the molecule is CCCCCCCCOc1ccc(NC=C(C#N)c2nn[nH]n2)cc1. The number of hydrogen-bond donors (Lipinski definition) is 2. The molecule has 132 valence electrons. The molecule has 2 N–H and O–H groups in total. The summed E-state index contributed by atoms with van der Waals surface area (Å²) in [6, 6.07) is 9.65. The minimum atomic E-state index is 0.258. The van der Waals surface area contributed by atoms with E-state index in [4.69, 9.17) is 10.00 Å². The summed E-state index contributed by atoms with van der Waals surface area (Å²) in [6.45, 7) is 2.97. The smallest absolute Gasteiger partial charge is 0.216 e. The maximum absolute atomic E-state index is 9.11. The van der Waals surface area contributed by atoms with E-state index in [2.05, 4.69) is 32.9 Å². The second kappa shape index (κ2) is 10.8. The first-order chi connectivity index (χ1) is 12.3.